The number of para-hydroxylation sites is 1. The van der Waals surface area contributed by atoms with Crippen LogP contribution < -0.4 is 4.90 Å². The molecule has 0 radical (unpaired) electrons. The summed E-state index contributed by atoms with van der Waals surface area (Å²) in [6, 6.07) is 9.37. The van der Waals surface area contributed by atoms with E-state index in [0.717, 1.165) is 11.3 Å². The highest BCUT2D eigenvalue weighted by molar-refractivity contribution is 7.88. The molecule has 7 heteroatoms. The standard InChI is InChI=1S/C15H19N3O3S/c1-12-9-17(2)15-6-4-3-5-13(15)10-18(12)22(19,20)11-14-7-8-21-16-14/h3-8,12H,9-11H2,1-2H3/t12-/m0/s1. The van der Waals surface area contributed by atoms with Gasteiger partial charge in [0.2, 0.25) is 10.0 Å². The van der Waals surface area contributed by atoms with Gasteiger partial charge in [-0.2, -0.15) is 4.31 Å². The van der Waals surface area contributed by atoms with Crippen LogP contribution in [0.15, 0.2) is 41.1 Å². The Morgan fingerprint density at radius 3 is 2.82 bits per heavy atom. The predicted molar refractivity (Wildman–Crippen MR) is 83.8 cm³/mol. The summed E-state index contributed by atoms with van der Waals surface area (Å²) in [6.07, 6.45) is 1.39. The van der Waals surface area contributed by atoms with E-state index in [-0.39, 0.29) is 11.8 Å². The fraction of sp³-hybridized carbons (Fsp3) is 0.400. The van der Waals surface area contributed by atoms with Gasteiger partial charge in [-0.1, -0.05) is 23.4 Å². The molecule has 0 spiro atoms. The van der Waals surface area contributed by atoms with Gasteiger partial charge in [0.05, 0.1) is 5.69 Å². The van der Waals surface area contributed by atoms with E-state index in [1.807, 2.05) is 38.2 Å². The summed E-state index contributed by atoms with van der Waals surface area (Å²) in [6.45, 7) is 2.96. The first-order valence-corrected chi connectivity index (χ1v) is 8.76. The molecule has 6 nitrogen and oxygen atoms in total. The number of nitrogens with zero attached hydrogens (tertiary/aromatic N) is 3. The van der Waals surface area contributed by atoms with Crippen LogP contribution in [0.2, 0.25) is 0 Å². The minimum atomic E-state index is -3.46. The number of hydrogen-bond donors (Lipinski definition) is 0. The monoisotopic (exact) mass is 321 g/mol. The molecule has 0 saturated carbocycles. The van der Waals surface area contributed by atoms with Gasteiger partial charge in [-0.05, 0) is 18.6 Å². The van der Waals surface area contributed by atoms with Crippen molar-refractivity contribution in [1.82, 2.24) is 9.46 Å². The van der Waals surface area contributed by atoms with Crippen LogP contribution in [0.4, 0.5) is 5.69 Å². The van der Waals surface area contributed by atoms with Crippen molar-refractivity contribution in [3.63, 3.8) is 0 Å². The van der Waals surface area contributed by atoms with Crippen LogP contribution >= 0.6 is 0 Å². The number of anilines is 1. The van der Waals surface area contributed by atoms with E-state index in [0.29, 0.717) is 18.8 Å². The Morgan fingerprint density at radius 2 is 2.09 bits per heavy atom. The molecule has 1 aliphatic rings. The normalized spacial score (nSPS) is 19.7. The van der Waals surface area contributed by atoms with E-state index >= 15 is 0 Å². The lowest BCUT2D eigenvalue weighted by Crippen LogP contribution is -2.42. The molecule has 0 aliphatic carbocycles. The lowest BCUT2D eigenvalue weighted by atomic mass is 10.1. The average Bonchev–Trinajstić information content (AvgIpc) is 2.92. The number of sulfonamides is 1. The Hall–Kier alpha value is -1.86. The van der Waals surface area contributed by atoms with Crippen molar-refractivity contribution in [2.45, 2.75) is 25.3 Å². The van der Waals surface area contributed by atoms with Gasteiger partial charge < -0.3 is 9.42 Å². The molecule has 0 unspecified atom stereocenters. The van der Waals surface area contributed by atoms with Crippen LogP contribution in [0.5, 0.6) is 0 Å². The summed E-state index contributed by atoms with van der Waals surface area (Å²) in [5, 5.41) is 3.71. The molecule has 3 rings (SSSR count). The molecule has 22 heavy (non-hydrogen) atoms. The molecule has 0 amide bonds. The van der Waals surface area contributed by atoms with Crippen LogP contribution in [0.3, 0.4) is 0 Å². The Bertz CT molecular complexity index is 743. The summed E-state index contributed by atoms with van der Waals surface area (Å²) in [5.41, 5.74) is 2.52. The number of rotatable bonds is 3. The fourth-order valence-corrected chi connectivity index (χ4v) is 4.52. The van der Waals surface area contributed by atoms with Gasteiger partial charge in [-0.3, -0.25) is 0 Å². The summed E-state index contributed by atoms with van der Waals surface area (Å²) < 4.78 is 31.8. The molecule has 1 aliphatic heterocycles. The van der Waals surface area contributed by atoms with Crippen molar-refractivity contribution in [3.8, 4) is 0 Å². The second-order valence-corrected chi connectivity index (χ2v) is 7.57. The smallest absolute Gasteiger partial charge is 0.220 e. The van der Waals surface area contributed by atoms with Gasteiger partial charge in [-0.15, -0.1) is 0 Å². The zero-order valence-corrected chi connectivity index (χ0v) is 13.5. The Labute approximate surface area is 130 Å². The fourth-order valence-electron chi connectivity index (χ4n) is 2.88. The highest BCUT2D eigenvalue weighted by Crippen LogP contribution is 2.28. The van der Waals surface area contributed by atoms with Crippen LogP contribution in [0.1, 0.15) is 18.2 Å². The molecule has 0 bridgehead atoms. The van der Waals surface area contributed by atoms with Crippen molar-refractivity contribution in [3.05, 3.63) is 47.9 Å². The molecule has 2 heterocycles. The van der Waals surface area contributed by atoms with Gasteiger partial charge in [0.15, 0.2) is 0 Å². The van der Waals surface area contributed by atoms with Crippen LogP contribution in [0.25, 0.3) is 0 Å². The van der Waals surface area contributed by atoms with Gasteiger partial charge >= 0.3 is 0 Å². The minimum Gasteiger partial charge on any atom is -0.373 e. The molecular formula is C15H19N3O3S. The summed E-state index contributed by atoms with van der Waals surface area (Å²) in [5.74, 6) is -0.139. The molecule has 1 aromatic heterocycles. The van der Waals surface area contributed by atoms with Gasteiger partial charge in [0.25, 0.3) is 0 Å². The number of fused-ring (bicyclic) bond motifs is 1. The number of likely N-dealkylation sites (N-methyl/N-ethyl adjacent to an activating group) is 1. The van der Waals surface area contributed by atoms with Crippen LogP contribution in [0, 0.1) is 0 Å². The van der Waals surface area contributed by atoms with E-state index in [9.17, 15) is 8.42 Å². The minimum absolute atomic E-state index is 0.116. The Balaban J connectivity index is 1.93. The molecule has 1 atom stereocenters. The number of hydrogen-bond acceptors (Lipinski definition) is 5. The average molecular weight is 321 g/mol. The second kappa shape index (κ2) is 5.73. The van der Waals surface area contributed by atoms with E-state index in [1.54, 1.807) is 10.4 Å². The predicted octanol–water partition coefficient (Wildman–Crippen LogP) is 1.84. The largest absolute Gasteiger partial charge is 0.373 e. The zero-order chi connectivity index (χ0) is 15.7. The molecule has 0 N–H and O–H groups in total. The summed E-state index contributed by atoms with van der Waals surface area (Å²) in [7, 11) is -1.47. The van der Waals surface area contributed by atoms with E-state index in [2.05, 4.69) is 10.1 Å². The van der Waals surface area contributed by atoms with Crippen molar-refractivity contribution in [2.75, 3.05) is 18.5 Å². The van der Waals surface area contributed by atoms with E-state index < -0.39 is 10.0 Å². The maximum Gasteiger partial charge on any atom is 0.220 e. The molecular weight excluding hydrogens is 302 g/mol. The molecule has 0 saturated heterocycles. The summed E-state index contributed by atoms with van der Waals surface area (Å²) in [4.78, 5) is 2.10. The van der Waals surface area contributed by atoms with Gasteiger partial charge in [-0.25, -0.2) is 8.42 Å². The molecule has 118 valence electrons. The van der Waals surface area contributed by atoms with Gasteiger partial charge in [0, 0.05) is 37.9 Å². The maximum atomic E-state index is 12.8. The highest BCUT2D eigenvalue weighted by atomic mass is 32.2. The molecule has 2 aromatic rings. The van der Waals surface area contributed by atoms with Crippen molar-refractivity contribution in [1.29, 1.82) is 0 Å². The van der Waals surface area contributed by atoms with Crippen molar-refractivity contribution < 1.29 is 12.9 Å². The molecule has 1 aromatic carbocycles. The first kappa shape index (κ1) is 15.1. The van der Waals surface area contributed by atoms with Gasteiger partial charge in [0.1, 0.15) is 12.0 Å². The van der Waals surface area contributed by atoms with Crippen LogP contribution in [-0.4, -0.2) is 37.5 Å². The van der Waals surface area contributed by atoms with Crippen molar-refractivity contribution >= 4 is 15.7 Å². The third-order valence-electron chi connectivity index (χ3n) is 3.94. The first-order valence-electron chi connectivity index (χ1n) is 7.15. The van der Waals surface area contributed by atoms with E-state index in [4.69, 9.17) is 4.52 Å². The summed E-state index contributed by atoms with van der Waals surface area (Å²) >= 11 is 0. The Kier molecular flexibility index (Phi) is 3.92. The highest BCUT2D eigenvalue weighted by Gasteiger charge is 2.32. The zero-order valence-electron chi connectivity index (χ0n) is 12.6. The maximum absolute atomic E-state index is 12.8. The number of aromatic nitrogens is 1. The Morgan fingerprint density at radius 1 is 1.32 bits per heavy atom. The van der Waals surface area contributed by atoms with Crippen LogP contribution in [-0.2, 0) is 22.3 Å². The second-order valence-electron chi connectivity index (χ2n) is 5.65. The number of benzene rings is 1. The third kappa shape index (κ3) is 2.86. The quantitative estimate of drug-likeness (QED) is 0.863. The lowest BCUT2D eigenvalue weighted by Gasteiger charge is -2.27. The first-order chi connectivity index (χ1) is 10.5. The molecule has 0 fully saturated rings. The van der Waals surface area contributed by atoms with Crippen molar-refractivity contribution in [2.24, 2.45) is 0 Å². The third-order valence-corrected chi connectivity index (χ3v) is 5.80. The topological polar surface area (TPSA) is 66.7 Å². The lowest BCUT2D eigenvalue weighted by molar-refractivity contribution is 0.339. The SMILES string of the molecule is C[C@H]1CN(C)c2ccccc2CN1S(=O)(=O)Cc1ccon1. The van der Waals surface area contributed by atoms with E-state index in [1.165, 1.54) is 6.26 Å².